The van der Waals surface area contributed by atoms with Gasteiger partial charge in [-0.2, -0.15) is 0 Å². The highest BCUT2D eigenvalue weighted by atomic mass is 16.3. The van der Waals surface area contributed by atoms with E-state index in [4.69, 9.17) is 0 Å². The molecule has 28 heavy (non-hydrogen) atoms. The van der Waals surface area contributed by atoms with Crippen LogP contribution < -0.4 is 21.3 Å². The van der Waals surface area contributed by atoms with Crippen LogP contribution in [0.2, 0.25) is 0 Å². The zero-order valence-corrected chi connectivity index (χ0v) is 18.5. The van der Waals surface area contributed by atoms with Crippen molar-refractivity contribution in [3.05, 3.63) is 0 Å². The van der Waals surface area contributed by atoms with Crippen molar-refractivity contribution in [3.63, 3.8) is 0 Å². The molecule has 2 amide bonds. The quantitative estimate of drug-likeness (QED) is 0.225. The van der Waals surface area contributed by atoms with E-state index in [-0.39, 0.29) is 23.9 Å². The maximum absolute atomic E-state index is 12.5. The summed E-state index contributed by atoms with van der Waals surface area (Å²) < 4.78 is 0. The van der Waals surface area contributed by atoms with Gasteiger partial charge in [-0.05, 0) is 66.1 Å². The van der Waals surface area contributed by atoms with Gasteiger partial charge < -0.3 is 26.4 Å². The van der Waals surface area contributed by atoms with Crippen LogP contribution in [-0.2, 0) is 9.59 Å². The number of likely N-dealkylation sites (N-methyl/N-ethyl adjacent to an activating group) is 1. The van der Waals surface area contributed by atoms with E-state index in [1.165, 1.54) is 0 Å². The highest BCUT2D eigenvalue weighted by molar-refractivity contribution is 5.82. The van der Waals surface area contributed by atoms with Crippen molar-refractivity contribution >= 4 is 11.8 Å². The summed E-state index contributed by atoms with van der Waals surface area (Å²) in [4.78, 5) is 24.2. The van der Waals surface area contributed by atoms with Gasteiger partial charge in [0.05, 0.1) is 18.2 Å². The van der Waals surface area contributed by atoms with Crippen molar-refractivity contribution in [3.8, 4) is 0 Å². The molecule has 0 aromatic carbocycles. The van der Waals surface area contributed by atoms with Crippen molar-refractivity contribution in [1.29, 1.82) is 0 Å². The summed E-state index contributed by atoms with van der Waals surface area (Å²) in [5.74, 6) is 0.0556. The molecule has 0 saturated heterocycles. The highest BCUT2D eigenvalue weighted by Gasteiger charge is 2.22. The normalized spacial score (nSPS) is 14.3. The Balaban J connectivity index is 4.10. The fourth-order valence-electron chi connectivity index (χ4n) is 3.12. The minimum Gasteiger partial charge on any atom is -0.391 e. The van der Waals surface area contributed by atoms with Gasteiger partial charge in [0, 0.05) is 13.0 Å². The molecule has 0 radical (unpaired) electrons. The number of carbonyl (C=O) groups is 2. The summed E-state index contributed by atoms with van der Waals surface area (Å²) in [7, 11) is 3.70. The lowest BCUT2D eigenvalue weighted by Gasteiger charge is -2.24. The standard InChI is InChI=1S/C21H44N4O3/c1-5-6-7-14-20(27)24-16-11-9-13-19(23-4)21(28)25-18(17(2)26)12-8-10-15-22-3/h17-19,22-23,26H,5-16H2,1-4H3,(H,24,27)(H,25,28). The molecule has 0 saturated carbocycles. The zero-order valence-electron chi connectivity index (χ0n) is 18.5. The van der Waals surface area contributed by atoms with Crippen LogP contribution in [0.5, 0.6) is 0 Å². The number of hydrogen-bond donors (Lipinski definition) is 5. The lowest BCUT2D eigenvalue weighted by Crippen LogP contribution is -2.50. The lowest BCUT2D eigenvalue weighted by atomic mass is 10.0. The topological polar surface area (TPSA) is 102 Å². The first-order valence-electron chi connectivity index (χ1n) is 11.0. The summed E-state index contributed by atoms with van der Waals surface area (Å²) in [6.45, 7) is 5.44. The lowest BCUT2D eigenvalue weighted by molar-refractivity contribution is -0.125. The number of nitrogens with one attached hydrogen (secondary N) is 4. The molecule has 0 aliphatic rings. The summed E-state index contributed by atoms with van der Waals surface area (Å²) in [5.41, 5.74) is 0. The Bertz CT molecular complexity index is 405. The van der Waals surface area contributed by atoms with Gasteiger partial charge in [0.1, 0.15) is 0 Å². The molecule has 166 valence electrons. The molecule has 0 aromatic rings. The van der Waals surface area contributed by atoms with E-state index < -0.39 is 6.10 Å². The molecule has 0 aliphatic carbocycles. The van der Waals surface area contributed by atoms with Gasteiger partial charge in [-0.25, -0.2) is 0 Å². The molecule has 0 aliphatic heterocycles. The predicted molar refractivity (Wildman–Crippen MR) is 115 cm³/mol. The molecule has 0 rings (SSSR count). The molecule has 7 nitrogen and oxygen atoms in total. The third kappa shape index (κ3) is 13.9. The molecule has 0 bridgehead atoms. The molecular weight excluding hydrogens is 356 g/mol. The van der Waals surface area contributed by atoms with Gasteiger partial charge in [-0.15, -0.1) is 0 Å². The molecule has 3 unspecified atom stereocenters. The first-order valence-corrected chi connectivity index (χ1v) is 11.0. The third-order valence-electron chi connectivity index (χ3n) is 5.02. The van der Waals surface area contributed by atoms with E-state index in [1.807, 2.05) is 7.05 Å². The largest absolute Gasteiger partial charge is 0.391 e. The highest BCUT2D eigenvalue weighted by Crippen LogP contribution is 2.07. The monoisotopic (exact) mass is 400 g/mol. The maximum atomic E-state index is 12.5. The first kappa shape index (κ1) is 26.8. The van der Waals surface area contributed by atoms with Crippen molar-refractivity contribution in [2.75, 3.05) is 27.2 Å². The summed E-state index contributed by atoms with van der Waals surface area (Å²) in [6.07, 6.45) is 8.36. The predicted octanol–water partition coefficient (Wildman–Crippen LogP) is 1.70. The van der Waals surface area contributed by atoms with Crippen molar-refractivity contribution < 1.29 is 14.7 Å². The third-order valence-corrected chi connectivity index (χ3v) is 5.02. The van der Waals surface area contributed by atoms with E-state index in [0.29, 0.717) is 19.4 Å². The fraction of sp³-hybridized carbons (Fsp3) is 0.905. The molecule has 0 heterocycles. The molecular formula is C21H44N4O3. The summed E-state index contributed by atoms with van der Waals surface area (Å²) in [6, 6.07) is -0.499. The molecule has 0 aromatic heterocycles. The van der Waals surface area contributed by atoms with Crippen LogP contribution in [0.25, 0.3) is 0 Å². The van der Waals surface area contributed by atoms with Crippen molar-refractivity contribution in [1.82, 2.24) is 21.3 Å². The molecule has 0 spiro atoms. The molecule has 0 fully saturated rings. The Kier molecular flexibility index (Phi) is 17.1. The SMILES string of the molecule is CCCCCC(=O)NCCCCC(NC)C(=O)NC(CCCCNC)C(C)O. The summed E-state index contributed by atoms with van der Waals surface area (Å²) in [5, 5.41) is 22.1. The van der Waals surface area contributed by atoms with Gasteiger partial charge in [0.15, 0.2) is 0 Å². The van der Waals surface area contributed by atoms with Gasteiger partial charge >= 0.3 is 0 Å². The first-order chi connectivity index (χ1) is 13.5. The van der Waals surface area contributed by atoms with Gasteiger partial charge in [0.25, 0.3) is 0 Å². The second kappa shape index (κ2) is 17.9. The van der Waals surface area contributed by atoms with Crippen LogP contribution in [0.4, 0.5) is 0 Å². The Morgan fingerprint density at radius 3 is 2.21 bits per heavy atom. The Morgan fingerprint density at radius 2 is 1.61 bits per heavy atom. The van der Waals surface area contributed by atoms with Gasteiger partial charge in [0.2, 0.25) is 11.8 Å². The Hall–Kier alpha value is -1.18. The van der Waals surface area contributed by atoms with E-state index in [1.54, 1.807) is 14.0 Å². The second-order valence-corrected chi connectivity index (χ2v) is 7.60. The average Bonchev–Trinajstić information content (AvgIpc) is 2.66. The van der Waals surface area contributed by atoms with Crippen LogP contribution in [0.1, 0.15) is 78.1 Å². The minimum atomic E-state index is -0.570. The van der Waals surface area contributed by atoms with Crippen LogP contribution in [0.3, 0.4) is 0 Å². The number of amides is 2. The minimum absolute atomic E-state index is 0.0642. The van der Waals surface area contributed by atoms with Gasteiger partial charge in [-0.3, -0.25) is 9.59 Å². The smallest absolute Gasteiger partial charge is 0.237 e. The number of aliphatic hydroxyl groups excluding tert-OH is 1. The fourth-order valence-corrected chi connectivity index (χ4v) is 3.12. The van der Waals surface area contributed by atoms with E-state index in [2.05, 4.69) is 28.2 Å². The zero-order chi connectivity index (χ0) is 21.2. The van der Waals surface area contributed by atoms with E-state index in [0.717, 1.165) is 57.9 Å². The molecule has 3 atom stereocenters. The van der Waals surface area contributed by atoms with Crippen LogP contribution in [0.15, 0.2) is 0 Å². The number of unbranched alkanes of at least 4 members (excludes halogenated alkanes) is 4. The number of carbonyl (C=O) groups excluding carboxylic acids is 2. The van der Waals surface area contributed by atoms with E-state index in [9.17, 15) is 14.7 Å². The summed E-state index contributed by atoms with van der Waals surface area (Å²) >= 11 is 0. The molecule has 7 heteroatoms. The van der Waals surface area contributed by atoms with Crippen LogP contribution >= 0.6 is 0 Å². The molecule has 5 N–H and O–H groups in total. The van der Waals surface area contributed by atoms with E-state index >= 15 is 0 Å². The Morgan fingerprint density at radius 1 is 0.929 bits per heavy atom. The van der Waals surface area contributed by atoms with Crippen LogP contribution in [0, 0.1) is 0 Å². The van der Waals surface area contributed by atoms with Crippen molar-refractivity contribution in [2.45, 2.75) is 96.2 Å². The van der Waals surface area contributed by atoms with Crippen molar-refractivity contribution in [2.24, 2.45) is 0 Å². The number of rotatable bonds is 18. The van der Waals surface area contributed by atoms with Gasteiger partial charge in [-0.1, -0.05) is 26.2 Å². The van der Waals surface area contributed by atoms with Crippen LogP contribution in [-0.4, -0.2) is 62.3 Å². The Labute approximate surface area is 171 Å². The maximum Gasteiger partial charge on any atom is 0.237 e. The number of aliphatic hydroxyl groups is 1. The number of hydrogen-bond acceptors (Lipinski definition) is 5. The average molecular weight is 401 g/mol. The second-order valence-electron chi connectivity index (χ2n) is 7.60.